The number of rotatable bonds is 5. The predicted molar refractivity (Wildman–Crippen MR) is 115 cm³/mol. The summed E-state index contributed by atoms with van der Waals surface area (Å²) in [5.41, 5.74) is 4.61. The van der Waals surface area contributed by atoms with Crippen LogP contribution in [0, 0.1) is 0 Å². The summed E-state index contributed by atoms with van der Waals surface area (Å²) < 4.78 is 5.53. The number of hydrogen-bond donors (Lipinski definition) is 2. The smallest absolute Gasteiger partial charge is 0.250 e. The molecule has 2 amide bonds. The quantitative estimate of drug-likeness (QED) is 0.618. The fraction of sp³-hybridized carbons (Fsp3) is 0.136. The maximum Gasteiger partial charge on any atom is 0.250 e. The first kappa shape index (κ1) is 18.9. The standard InChI is InChI=1S/C22H19N3O3S/c1-14(26)23-18-6-2-15(3-7-18)4-9-21(27)25-22-24-19(13-29-22)16-5-8-20-17(12-16)10-11-28-20/h2-9,12-13H,10-11H2,1H3,(H,23,26)(H,24,25,27)/b9-4+. The number of hydrogen-bond acceptors (Lipinski definition) is 5. The Morgan fingerprint density at radius 2 is 1.97 bits per heavy atom. The molecule has 146 valence electrons. The van der Waals surface area contributed by atoms with Gasteiger partial charge in [-0.25, -0.2) is 4.98 Å². The molecule has 0 atom stereocenters. The van der Waals surface area contributed by atoms with E-state index in [1.165, 1.54) is 29.9 Å². The van der Waals surface area contributed by atoms with E-state index in [1.807, 2.05) is 29.6 Å². The van der Waals surface area contributed by atoms with Crippen LogP contribution in [0.15, 0.2) is 53.9 Å². The van der Waals surface area contributed by atoms with Crippen LogP contribution >= 0.6 is 11.3 Å². The summed E-state index contributed by atoms with van der Waals surface area (Å²) in [5.74, 6) is 0.565. The van der Waals surface area contributed by atoms with E-state index in [-0.39, 0.29) is 11.8 Å². The van der Waals surface area contributed by atoms with Gasteiger partial charge in [-0.05, 0) is 47.5 Å². The van der Waals surface area contributed by atoms with Crippen LogP contribution in [-0.4, -0.2) is 23.4 Å². The molecular weight excluding hydrogens is 386 g/mol. The van der Waals surface area contributed by atoms with Crippen LogP contribution in [0.1, 0.15) is 18.1 Å². The number of aromatic nitrogens is 1. The SMILES string of the molecule is CC(=O)Nc1ccc(/C=C/C(=O)Nc2nc(-c3ccc4c(c3)CCO4)cs2)cc1. The summed E-state index contributed by atoms with van der Waals surface area (Å²) in [6, 6.07) is 13.3. The second kappa shape index (κ2) is 8.28. The molecule has 29 heavy (non-hydrogen) atoms. The average molecular weight is 405 g/mol. The molecular formula is C22H19N3O3S. The second-order valence-electron chi connectivity index (χ2n) is 6.58. The van der Waals surface area contributed by atoms with Crippen LogP contribution in [0.4, 0.5) is 10.8 Å². The molecule has 1 aromatic heterocycles. The minimum absolute atomic E-state index is 0.122. The highest BCUT2D eigenvalue weighted by Crippen LogP contribution is 2.31. The number of ether oxygens (including phenoxy) is 1. The molecule has 0 bridgehead atoms. The second-order valence-corrected chi connectivity index (χ2v) is 7.44. The first-order valence-corrected chi connectivity index (χ1v) is 10.0. The van der Waals surface area contributed by atoms with E-state index in [0.717, 1.165) is 35.6 Å². The molecule has 0 fully saturated rings. The van der Waals surface area contributed by atoms with Gasteiger partial charge in [-0.2, -0.15) is 0 Å². The highest BCUT2D eigenvalue weighted by Gasteiger charge is 2.14. The van der Waals surface area contributed by atoms with Gasteiger partial charge in [-0.3, -0.25) is 14.9 Å². The minimum Gasteiger partial charge on any atom is -0.493 e. The van der Waals surface area contributed by atoms with Crippen molar-refractivity contribution in [2.75, 3.05) is 17.2 Å². The van der Waals surface area contributed by atoms with Crippen molar-refractivity contribution in [1.29, 1.82) is 0 Å². The van der Waals surface area contributed by atoms with Gasteiger partial charge in [-0.1, -0.05) is 12.1 Å². The van der Waals surface area contributed by atoms with Gasteiger partial charge in [-0.15, -0.1) is 11.3 Å². The Morgan fingerprint density at radius 3 is 2.76 bits per heavy atom. The Balaban J connectivity index is 1.38. The van der Waals surface area contributed by atoms with Crippen LogP contribution in [0.3, 0.4) is 0 Å². The fourth-order valence-electron chi connectivity index (χ4n) is 3.01. The summed E-state index contributed by atoms with van der Waals surface area (Å²) in [6.45, 7) is 2.18. The largest absolute Gasteiger partial charge is 0.493 e. The highest BCUT2D eigenvalue weighted by molar-refractivity contribution is 7.14. The molecule has 2 heterocycles. The van der Waals surface area contributed by atoms with Crippen molar-refractivity contribution in [2.24, 2.45) is 0 Å². The van der Waals surface area contributed by atoms with Crippen LogP contribution < -0.4 is 15.4 Å². The number of nitrogens with one attached hydrogen (secondary N) is 2. The van der Waals surface area contributed by atoms with Crippen molar-refractivity contribution in [3.63, 3.8) is 0 Å². The van der Waals surface area contributed by atoms with E-state index >= 15 is 0 Å². The third kappa shape index (κ3) is 4.70. The number of benzene rings is 2. The number of thiazole rings is 1. The van der Waals surface area contributed by atoms with Gasteiger partial charge in [0.05, 0.1) is 12.3 Å². The van der Waals surface area contributed by atoms with Gasteiger partial charge in [0, 0.05) is 36.1 Å². The molecule has 0 saturated heterocycles. The maximum absolute atomic E-state index is 12.2. The van der Waals surface area contributed by atoms with Crippen molar-refractivity contribution < 1.29 is 14.3 Å². The fourth-order valence-corrected chi connectivity index (χ4v) is 3.73. The Bertz CT molecular complexity index is 1090. The molecule has 4 rings (SSSR count). The van der Waals surface area contributed by atoms with Gasteiger partial charge >= 0.3 is 0 Å². The lowest BCUT2D eigenvalue weighted by Crippen LogP contribution is -2.07. The lowest BCUT2D eigenvalue weighted by Gasteiger charge is -2.02. The first-order chi connectivity index (χ1) is 14.1. The summed E-state index contributed by atoms with van der Waals surface area (Å²) in [7, 11) is 0. The molecule has 0 aliphatic carbocycles. The zero-order valence-electron chi connectivity index (χ0n) is 15.8. The normalized spacial score (nSPS) is 12.4. The van der Waals surface area contributed by atoms with Crippen molar-refractivity contribution in [3.8, 4) is 17.0 Å². The van der Waals surface area contributed by atoms with Crippen LogP contribution in [0.25, 0.3) is 17.3 Å². The Labute approximate surface area is 172 Å². The van der Waals surface area contributed by atoms with Gasteiger partial charge in [0.1, 0.15) is 5.75 Å². The average Bonchev–Trinajstić information content (AvgIpc) is 3.35. The van der Waals surface area contributed by atoms with E-state index in [9.17, 15) is 9.59 Å². The van der Waals surface area contributed by atoms with Crippen molar-refractivity contribution in [2.45, 2.75) is 13.3 Å². The Morgan fingerprint density at radius 1 is 1.14 bits per heavy atom. The molecule has 0 unspecified atom stereocenters. The Hall–Kier alpha value is -3.45. The number of carbonyl (C=O) groups is 2. The maximum atomic E-state index is 12.2. The summed E-state index contributed by atoms with van der Waals surface area (Å²) >= 11 is 1.39. The number of amides is 2. The molecule has 7 heteroatoms. The van der Waals surface area contributed by atoms with E-state index in [2.05, 4.69) is 21.7 Å². The number of carbonyl (C=O) groups excluding carboxylic acids is 2. The van der Waals surface area contributed by atoms with E-state index in [0.29, 0.717) is 10.8 Å². The highest BCUT2D eigenvalue weighted by atomic mass is 32.1. The molecule has 2 aromatic carbocycles. The Kier molecular flexibility index (Phi) is 5.39. The molecule has 0 spiro atoms. The molecule has 1 aliphatic rings. The van der Waals surface area contributed by atoms with Crippen LogP contribution in [-0.2, 0) is 16.0 Å². The van der Waals surface area contributed by atoms with Crippen molar-refractivity contribution in [1.82, 2.24) is 4.98 Å². The van der Waals surface area contributed by atoms with E-state index < -0.39 is 0 Å². The monoisotopic (exact) mass is 405 g/mol. The van der Waals surface area contributed by atoms with Crippen molar-refractivity contribution in [3.05, 3.63) is 65.0 Å². The van der Waals surface area contributed by atoms with Gasteiger partial charge in [0.15, 0.2) is 5.13 Å². The summed E-state index contributed by atoms with van der Waals surface area (Å²) in [4.78, 5) is 27.7. The van der Waals surface area contributed by atoms with Gasteiger partial charge in [0.25, 0.3) is 0 Å². The van der Waals surface area contributed by atoms with Gasteiger partial charge < -0.3 is 10.1 Å². The van der Waals surface area contributed by atoms with E-state index in [1.54, 1.807) is 18.2 Å². The molecule has 2 N–H and O–H groups in total. The summed E-state index contributed by atoms with van der Waals surface area (Å²) in [5, 5.41) is 7.97. The topological polar surface area (TPSA) is 80.3 Å². The molecule has 0 radical (unpaired) electrons. The predicted octanol–water partition coefficient (Wildman–Crippen LogP) is 4.36. The molecule has 3 aromatic rings. The zero-order chi connectivity index (χ0) is 20.2. The zero-order valence-corrected chi connectivity index (χ0v) is 16.6. The number of anilines is 2. The first-order valence-electron chi connectivity index (χ1n) is 9.15. The lowest BCUT2D eigenvalue weighted by molar-refractivity contribution is -0.114. The molecule has 0 saturated carbocycles. The van der Waals surface area contributed by atoms with Crippen LogP contribution in [0.5, 0.6) is 5.75 Å². The molecule has 6 nitrogen and oxygen atoms in total. The lowest BCUT2D eigenvalue weighted by atomic mass is 10.1. The van der Waals surface area contributed by atoms with Crippen LogP contribution in [0.2, 0.25) is 0 Å². The molecule has 1 aliphatic heterocycles. The summed E-state index contributed by atoms with van der Waals surface area (Å²) in [6.07, 6.45) is 4.08. The minimum atomic E-state index is -0.251. The number of fused-ring (bicyclic) bond motifs is 1. The van der Waals surface area contributed by atoms with Gasteiger partial charge in [0.2, 0.25) is 11.8 Å². The third-order valence-corrected chi connectivity index (χ3v) is 5.14. The van der Waals surface area contributed by atoms with E-state index in [4.69, 9.17) is 4.74 Å². The van der Waals surface area contributed by atoms with Crippen molar-refractivity contribution >= 4 is 40.0 Å². The third-order valence-electron chi connectivity index (χ3n) is 4.38. The number of nitrogens with zero attached hydrogens (tertiary/aromatic N) is 1.